The van der Waals surface area contributed by atoms with E-state index in [-0.39, 0.29) is 11.7 Å². The van der Waals surface area contributed by atoms with Crippen molar-refractivity contribution in [3.8, 4) is 0 Å². The van der Waals surface area contributed by atoms with Crippen LogP contribution in [0.5, 0.6) is 0 Å². The quantitative estimate of drug-likeness (QED) is 0.384. The van der Waals surface area contributed by atoms with Crippen LogP contribution >= 0.6 is 11.3 Å². The van der Waals surface area contributed by atoms with Crippen LogP contribution in [0.15, 0.2) is 46.9 Å². The summed E-state index contributed by atoms with van der Waals surface area (Å²) in [5.41, 5.74) is 6.58. The Morgan fingerprint density at radius 3 is 2.76 bits per heavy atom. The molecule has 6 heteroatoms. The minimum atomic E-state index is -0.0841. The van der Waals surface area contributed by atoms with E-state index in [1.54, 1.807) is 47.5 Å². The summed E-state index contributed by atoms with van der Waals surface area (Å²) in [4.78, 5) is 15.3. The maximum atomic E-state index is 12.4. The summed E-state index contributed by atoms with van der Waals surface area (Å²) in [5.74, 6) is -0.0926. The Balaban J connectivity index is 2.05. The maximum absolute atomic E-state index is 12.4. The molecule has 2 rings (SSSR count). The molecule has 1 heterocycles. The van der Waals surface area contributed by atoms with Gasteiger partial charge in [-0.15, -0.1) is 11.3 Å². The zero-order valence-electron chi connectivity index (χ0n) is 11.7. The van der Waals surface area contributed by atoms with Crippen LogP contribution in [0.1, 0.15) is 20.8 Å². The van der Waals surface area contributed by atoms with Crippen molar-refractivity contribution in [2.75, 3.05) is 13.6 Å². The van der Waals surface area contributed by atoms with Crippen molar-refractivity contribution in [3.63, 3.8) is 0 Å². The van der Waals surface area contributed by atoms with Gasteiger partial charge in [0.2, 0.25) is 0 Å². The van der Waals surface area contributed by atoms with Gasteiger partial charge in [0.15, 0.2) is 5.84 Å². The number of carbonyl (C=O) groups is 1. The van der Waals surface area contributed by atoms with Crippen LogP contribution in [0.3, 0.4) is 0 Å². The second kappa shape index (κ2) is 6.90. The molecule has 0 atom stereocenters. The lowest BCUT2D eigenvalue weighted by Gasteiger charge is -2.17. The average Bonchev–Trinajstić information content (AvgIpc) is 3.04. The largest absolute Gasteiger partial charge is 0.409 e. The molecule has 5 nitrogen and oxygen atoms in total. The number of hydrogen-bond donors (Lipinski definition) is 2. The number of amides is 1. The average molecular weight is 303 g/mol. The van der Waals surface area contributed by atoms with E-state index in [1.165, 1.54) is 4.88 Å². The number of nitrogens with two attached hydrogens (primary N) is 1. The lowest BCUT2D eigenvalue weighted by molar-refractivity contribution is 0.0797. The fourth-order valence-corrected chi connectivity index (χ4v) is 2.62. The highest BCUT2D eigenvalue weighted by Gasteiger charge is 2.13. The summed E-state index contributed by atoms with van der Waals surface area (Å²) >= 11 is 1.68. The third-order valence-electron chi connectivity index (χ3n) is 3.13. The summed E-state index contributed by atoms with van der Waals surface area (Å²) in [6.07, 6.45) is 0.833. The molecule has 0 aliphatic heterocycles. The molecule has 1 amide bonds. The van der Waals surface area contributed by atoms with Gasteiger partial charge in [-0.25, -0.2) is 0 Å². The summed E-state index contributed by atoms with van der Waals surface area (Å²) in [6, 6.07) is 10.8. The summed E-state index contributed by atoms with van der Waals surface area (Å²) in [5, 5.41) is 13.7. The number of hydrogen-bond acceptors (Lipinski definition) is 4. The number of rotatable bonds is 5. The second-order valence-corrected chi connectivity index (χ2v) is 5.65. The summed E-state index contributed by atoms with van der Waals surface area (Å²) < 4.78 is 0. The Bertz CT molecular complexity index is 638. The summed E-state index contributed by atoms with van der Waals surface area (Å²) in [6.45, 7) is 0.646. The van der Waals surface area contributed by atoms with Crippen molar-refractivity contribution >= 4 is 23.1 Å². The molecule has 0 fully saturated rings. The molecule has 0 radical (unpaired) electrons. The van der Waals surface area contributed by atoms with Gasteiger partial charge < -0.3 is 15.8 Å². The molecule has 1 aromatic carbocycles. The van der Waals surface area contributed by atoms with E-state index in [0.29, 0.717) is 17.7 Å². The van der Waals surface area contributed by atoms with Crippen molar-refractivity contribution in [2.24, 2.45) is 10.9 Å². The molecular weight excluding hydrogens is 286 g/mol. The predicted molar refractivity (Wildman–Crippen MR) is 83.9 cm³/mol. The van der Waals surface area contributed by atoms with Gasteiger partial charge in [-0.1, -0.05) is 23.4 Å². The smallest absolute Gasteiger partial charge is 0.253 e. The van der Waals surface area contributed by atoms with Crippen LogP contribution in [-0.2, 0) is 6.42 Å². The van der Waals surface area contributed by atoms with Crippen molar-refractivity contribution in [2.45, 2.75) is 6.42 Å². The van der Waals surface area contributed by atoms with E-state index in [4.69, 9.17) is 10.9 Å². The van der Waals surface area contributed by atoms with E-state index < -0.39 is 0 Å². The van der Waals surface area contributed by atoms with Crippen molar-refractivity contribution in [1.82, 2.24) is 4.90 Å². The van der Waals surface area contributed by atoms with E-state index in [9.17, 15) is 4.79 Å². The molecule has 2 aromatic rings. The lowest BCUT2D eigenvalue weighted by atomic mass is 10.1. The monoisotopic (exact) mass is 303 g/mol. The molecule has 1 aromatic heterocycles. The Morgan fingerprint density at radius 2 is 2.10 bits per heavy atom. The molecule has 0 unspecified atom stereocenters. The third kappa shape index (κ3) is 3.82. The highest BCUT2D eigenvalue weighted by molar-refractivity contribution is 7.09. The van der Waals surface area contributed by atoms with Crippen LogP contribution in [0.2, 0.25) is 0 Å². The Morgan fingerprint density at radius 1 is 1.33 bits per heavy atom. The van der Waals surface area contributed by atoms with Crippen LogP contribution in [0, 0.1) is 0 Å². The maximum Gasteiger partial charge on any atom is 0.253 e. The fraction of sp³-hybridized carbons (Fsp3) is 0.200. The Hall–Kier alpha value is -2.34. The normalized spacial score (nSPS) is 11.4. The van der Waals surface area contributed by atoms with E-state index in [1.807, 2.05) is 11.4 Å². The third-order valence-corrected chi connectivity index (χ3v) is 4.07. The number of amidine groups is 1. The minimum Gasteiger partial charge on any atom is -0.409 e. The van der Waals surface area contributed by atoms with Gasteiger partial charge in [0.1, 0.15) is 0 Å². The van der Waals surface area contributed by atoms with Crippen molar-refractivity contribution in [3.05, 3.63) is 57.8 Å². The SMILES string of the molecule is CN(CCc1cccs1)C(=O)c1cccc(C(N)=NO)c1. The van der Waals surface area contributed by atoms with Crippen LogP contribution in [0.4, 0.5) is 0 Å². The second-order valence-electron chi connectivity index (χ2n) is 4.62. The molecular formula is C15H17N3O2S. The van der Waals surface area contributed by atoms with Crippen LogP contribution in [0.25, 0.3) is 0 Å². The number of thiophene rings is 1. The molecule has 0 aliphatic carbocycles. The topological polar surface area (TPSA) is 78.9 Å². The van der Waals surface area contributed by atoms with Gasteiger partial charge in [0.25, 0.3) is 5.91 Å². The number of oxime groups is 1. The minimum absolute atomic E-state index is 0.00844. The molecule has 3 N–H and O–H groups in total. The van der Waals surface area contributed by atoms with Crippen molar-refractivity contribution in [1.29, 1.82) is 0 Å². The standard InChI is InChI=1S/C15H17N3O2S/c1-18(8-7-13-6-3-9-21-13)15(19)12-5-2-4-11(10-12)14(16)17-20/h2-6,9-10,20H,7-8H2,1H3,(H2,16,17). The zero-order valence-corrected chi connectivity index (χ0v) is 12.5. The van der Waals surface area contributed by atoms with Gasteiger partial charge >= 0.3 is 0 Å². The number of likely N-dealkylation sites (N-methyl/N-ethyl adjacent to an activating group) is 1. The van der Waals surface area contributed by atoms with E-state index >= 15 is 0 Å². The Kier molecular flexibility index (Phi) is 4.94. The first-order chi connectivity index (χ1) is 10.1. The highest BCUT2D eigenvalue weighted by Crippen LogP contribution is 2.11. The molecule has 0 saturated carbocycles. The molecule has 110 valence electrons. The number of carbonyl (C=O) groups excluding carboxylic acids is 1. The van der Waals surface area contributed by atoms with Gasteiger partial charge in [0, 0.05) is 29.6 Å². The first-order valence-electron chi connectivity index (χ1n) is 6.47. The molecule has 0 spiro atoms. The zero-order chi connectivity index (χ0) is 15.2. The number of benzene rings is 1. The van der Waals surface area contributed by atoms with Crippen molar-refractivity contribution < 1.29 is 10.0 Å². The van der Waals surface area contributed by atoms with Crippen LogP contribution in [-0.4, -0.2) is 35.4 Å². The summed E-state index contributed by atoms with van der Waals surface area (Å²) in [7, 11) is 1.77. The van der Waals surface area contributed by atoms with Gasteiger partial charge in [0.05, 0.1) is 0 Å². The predicted octanol–water partition coefficient (Wildman–Crippen LogP) is 2.16. The molecule has 21 heavy (non-hydrogen) atoms. The van der Waals surface area contributed by atoms with Gasteiger partial charge in [-0.05, 0) is 30.0 Å². The molecule has 0 aliphatic rings. The highest BCUT2D eigenvalue weighted by atomic mass is 32.1. The first-order valence-corrected chi connectivity index (χ1v) is 7.35. The molecule has 0 saturated heterocycles. The Labute approximate surface area is 127 Å². The van der Waals surface area contributed by atoms with Gasteiger partial charge in [-0.2, -0.15) is 0 Å². The van der Waals surface area contributed by atoms with Crippen LogP contribution < -0.4 is 5.73 Å². The number of nitrogens with zero attached hydrogens (tertiary/aromatic N) is 2. The van der Waals surface area contributed by atoms with E-state index in [0.717, 1.165) is 6.42 Å². The first kappa shape index (κ1) is 15.1. The molecule has 0 bridgehead atoms. The van der Waals surface area contributed by atoms with Gasteiger partial charge in [-0.3, -0.25) is 4.79 Å². The van der Waals surface area contributed by atoms with E-state index in [2.05, 4.69) is 11.2 Å². The lowest BCUT2D eigenvalue weighted by Crippen LogP contribution is -2.29. The fourth-order valence-electron chi connectivity index (χ4n) is 1.92.